The highest BCUT2D eigenvalue weighted by Gasteiger charge is 2.18. The summed E-state index contributed by atoms with van der Waals surface area (Å²) < 4.78 is 5.62. The minimum absolute atomic E-state index is 0.0949. The summed E-state index contributed by atoms with van der Waals surface area (Å²) >= 11 is 6.03. The van der Waals surface area contributed by atoms with Gasteiger partial charge in [-0.05, 0) is 31.5 Å². The fraction of sp³-hybridized carbons (Fsp3) is 0.154. The Kier molecular flexibility index (Phi) is 4.05. The third-order valence-corrected chi connectivity index (χ3v) is 3.14. The maximum absolute atomic E-state index is 8.88. The number of nitrogens with two attached hydrogens (primary N) is 1. The predicted molar refractivity (Wildman–Crippen MR) is 75.5 cm³/mol. The molecule has 3 N–H and O–H groups in total. The van der Waals surface area contributed by atoms with Gasteiger partial charge in [0.2, 0.25) is 5.88 Å². The lowest BCUT2D eigenvalue weighted by Gasteiger charge is -2.12. The van der Waals surface area contributed by atoms with E-state index < -0.39 is 0 Å². The standard InChI is InChI=1S/C13H13ClN4O2/c1-7-8(2)16-17-13(11(7)12(15)18-19)20-10-6-4-3-5-9(10)14/h3-6,19H,1-2H3,(H2,15,18). The van der Waals surface area contributed by atoms with Gasteiger partial charge in [0.15, 0.2) is 5.84 Å². The molecule has 0 aliphatic rings. The van der Waals surface area contributed by atoms with Gasteiger partial charge in [0.25, 0.3) is 0 Å². The Balaban J connectivity index is 2.53. The second-order valence-electron chi connectivity index (χ2n) is 4.11. The molecule has 0 fully saturated rings. The van der Waals surface area contributed by atoms with E-state index in [1.165, 1.54) is 0 Å². The normalized spacial score (nSPS) is 11.4. The average Bonchev–Trinajstić information content (AvgIpc) is 2.45. The largest absolute Gasteiger partial charge is 0.435 e. The summed E-state index contributed by atoms with van der Waals surface area (Å²) in [5, 5.41) is 20.2. The molecule has 7 heteroatoms. The summed E-state index contributed by atoms with van der Waals surface area (Å²) in [7, 11) is 0. The van der Waals surface area contributed by atoms with E-state index in [9.17, 15) is 0 Å². The lowest BCUT2D eigenvalue weighted by molar-refractivity contribution is 0.318. The minimum Gasteiger partial charge on any atom is -0.435 e. The van der Waals surface area contributed by atoms with E-state index in [-0.39, 0.29) is 11.7 Å². The maximum atomic E-state index is 8.88. The third-order valence-electron chi connectivity index (χ3n) is 2.83. The number of rotatable bonds is 3. The number of benzene rings is 1. The Bertz CT molecular complexity index is 673. The van der Waals surface area contributed by atoms with E-state index >= 15 is 0 Å². The fourth-order valence-electron chi connectivity index (χ4n) is 1.64. The molecule has 0 atom stereocenters. The fourth-order valence-corrected chi connectivity index (χ4v) is 1.82. The van der Waals surface area contributed by atoms with E-state index in [1.54, 1.807) is 38.1 Å². The number of oxime groups is 1. The Morgan fingerprint density at radius 1 is 1.30 bits per heavy atom. The highest BCUT2D eigenvalue weighted by atomic mass is 35.5. The monoisotopic (exact) mass is 292 g/mol. The van der Waals surface area contributed by atoms with Crippen LogP contribution in [0.3, 0.4) is 0 Å². The van der Waals surface area contributed by atoms with Crippen LogP contribution in [0.1, 0.15) is 16.8 Å². The summed E-state index contributed by atoms with van der Waals surface area (Å²) in [6.07, 6.45) is 0. The molecule has 0 unspecified atom stereocenters. The smallest absolute Gasteiger partial charge is 0.250 e. The number of aryl methyl sites for hydroxylation is 1. The number of halogens is 1. The summed E-state index contributed by atoms with van der Waals surface area (Å²) in [5.74, 6) is 0.456. The molecule has 0 amide bonds. The molecular formula is C13H13ClN4O2. The van der Waals surface area contributed by atoms with Crippen LogP contribution in [0.2, 0.25) is 5.02 Å². The molecule has 104 valence electrons. The molecule has 0 aliphatic heterocycles. The van der Waals surface area contributed by atoms with E-state index in [4.69, 9.17) is 27.3 Å². The molecule has 20 heavy (non-hydrogen) atoms. The average molecular weight is 293 g/mol. The van der Waals surface area contributed by atoms with Crippen molar-refractivity contribution in [1.82, 2.24) is 10.2 Å². The van der Waals surface area contributed by atoms with Gasteiger partial charge in [-0.25, -0.2) is 0 Å². The van der Waals surface area contributed by atoms with Crippen LogP contribution in [0.15, 0.2) is 29.4 Å². The molecule has 0 bridgehead atoms. The Labute approximate surface area is 120 Å². The van der Waals surface area contributed by atoms with Gasteiger partial charge in [0.05, 0.1) is 16.3 Å². The van der Waals surface area contributed by atoms with Gasteiger partial charge in [-0.2, -0.15) is 5.10 Å². The molecule has 2 aromatic rings. The topological polar surface area (TPSA) is 93.6 Å². The van der Waals surface area contributed by atoms with Crippen molar-refractivity contribution in [2.45, 2.75) is 13.8 Å². The zero-order valence-corrected chi connectivity index (χ0v) is 11.7. The highest BCUT2D eigenvalue weighted by molar-refractivity contribution is 6.32. The number of ether oxygens (including phenoxy) is 1. The predicted octanol–water partition coefficient (Wildman–Crippen LogP) is 2.63. The van der Waals surface area contributed by atoms with Gasteiger partial charge in [-0.3, -0.25) is 0 Å². The Morgan fingerprint density at radius 3 is 2.65 bits per heavy atom. The molecule has 6 nitrogen and oxygen atoms in total. The number of hydrogen-bond acceptors (Lipinski definition) is 5. The van der Waals surface area contributed by atoms with Gasteiger partial charge in [0, 0.05) is 0 Å². The summed E-state index contributed by atoms with van der Waals surface area (Å²) in [4.78, 5) is 0. The second-order valence-corrected chi connectivity index (χ2v) is 4.52. The molecule has 1 aromatic heterocycles. The third kappa shape index (κ3) is 2.65. The van der Waals surface area contributed by atoms with Gasteiger partial charge >= 0.3 is 0 Å². The molecule has 0 radical (unpaired) electrons. The van der Waals surface area contributed by atoms with Crippen LogP contribution in [-0.4, -0.2) is 21.2 Å². The lowest BCUT2D eigenvalue weighted by atomic mass is 10.1. The van der Waals surface area contributed by atoms with Gasteiger partial charge in [-0.1, -0.05) is 28.9 Å². The molecular weight excluding hydrogens is 280 g/mol. The lowest BCUT2D eigenvalue weighted by Crippen LogP contribution is -2.18. The van der Waals surface area contributed by atoms with Crippen molar-refractivity contribution < 1.29 is 9.94 Å². The van der Waals surface area contributed by atoms with E-state index in [0.29, 0.717) is 22.0 Å². The number of aromatic nitrogens is 2. The van der Waals surface area contributed by atoms with Crippen molar-refractivity contribution in [3.63, 3.8) is 0 Å². The first kappa shape index (κ1) is 14.1. The first-order valence-corrected chi connectivity index (χ1v) is 6.16. The van der Waals surface area contributed by atoms with E-state index in [2.05, 4.69) is 15.4 Å². The van der Waals surface area contributed by atoms with Crippen molar-refractivity contribution in [2.24, 2.45) is 10.9 Å². The van der Waals surface area contributed by atoms with Crippen LogP contribution >= 0.6 is 11.6 Å². The van der Waals surface area contributed by atoms with Gasteiger partial charge in [-0.15, -0.1) is 5.10 Å². The molecule has 0 aliphatic carbocycles. The Morgan fingerprint density at radius 2 is 2.00 bits per heavy atom. The van der Waals surface area contributed by atoms with Crippen molar-refractivity contribution in [3.05, 3.63) is 46.1 Å². The Hall–Kier alpha value is -2.34. The van der Waals surface area contributed by atoms with E-state index in [1.807, 2.05) is 0 Å². The number of hydrogen-bond donors (Lipinski definition) is 2. The van der Waals surface area contributed by atoms with Crippen molar-refractivity contribution in [3.8, 4) is 11.6 Å². The van der Waals surface area contributed by atoms with Crippen molar-refractivity contribution in [2.75, 3.05) is 0 Å². The summed E-state index contributed by atoms with van der Waals surface area (Å²) in [5.41, 5.74) is 7.45. The SMILES string of the molecule is Cc1nnc(Oc2ccccc2Cl)c(/C(N)=N/O)c1C. The van der Waals surface area contributed by atoms with Crippen LogP contribution in [-0.2, 0) is 0 Å². The van der Waals surface area contributed by atoms with Crippen LogP contribution in [0.5, 0.6) is 11.6 Å². The van der Waals surface area contributed by atoms with Gasteiger partial charge < -0.3 is 15.7 Å². The van der Waals surface area contributed by atoms with Crippen LogP contribution < -0.4 is 10.5 Å². The molecule has 1 aromatic carbocycles. The zero-order chi connectivity index (χ0) is 14.7. The maximum Gasteiger partial charge on any atom is 0.250 e. The molecule has 0 saturated heterocycles. The minimum atomic E-state index is -0.0949. The zero-order valence-electron chi connectivity index (χ0n) is 11.0. The second kappa shape index (κ2) is 5.75. The van der Waals surface area contributed by atoms with Crippen molar-refractivity contribution in [1.29, 1.82) is 0 Å². The van der Waals surface area contributed by atoms with Crippen LogP contribution in [0.25, 0.3) is 0 Å². The highest BCUT2D eigenvalue weighted by Crippen LogP contribution is 2.30. The molecule has 1 heterocycles. The molecule has 2 rings (SSSR count). The van der Waals surface area contributed by atoms with Crippen LogP contribution in [0, 0.1) is 13.8 Å². The first-order chi connectivity index (χ1) is 9.54. The number of amidine groups is 1. The first-order valence-electron chi connectivity index (χ1n) is 5.78. The van der Waals surface area contributed by atoms with Gasteiger partial charge in [0.1, 0.15) is 5.75 Å². The number of nitrogens with zero attached hydrogens (tertiary/aromatic N) is 3. The quantitative estimate of drug-likeness (QED) is 0.392. The van der Waals surface area contributed by atoms with Crippen LogP contribution in [0.4, 0.5) is 0 Å². The van der Waals surface area contributed by atoms with Crippen molar-refractivity contribution >= 4 is 17.4 Å². The molecule has 0 spiro atoms. The number of para-hydroxylation sites is 1. The summed E-state index contributed by atoms with van der Waals surface area (Å²) in [6, 6.07) is 6.94. The van der Waals surface area contributed by atoms with E-state index in [0.717, 1.165) is 5.56 Å². The molecule has 0 saturated carbocycles. The summed E-state index contributed by atoms with van der Waals surface area (Å²) in [6.45, 7) is 3.56.